The normalized spacial score (nSPS) is 4.90. The van der Waals surface area contributed by atoms with Crippen molar-refractivity contribution in [2.24, 2.45) is 5.73 Å². The Morgan fingerprint density at radius 3 is 1.50 bits per heavy atom. The predicted molar refractivity (Wildman–Crippen MR) is 41.4 cm³/mol. The Hall–Kier alpha value is 0.853. The van der Waals surface area contributed by atoms with Crippen molar-refractivity contribution in [1.29, 1.82) is 0 Å². The van der Waals surface area contributed by atoms with Crippen molar-refractivity contribution in [3.63, 3.8) is 0 Å². The number of nitrogens with two attached hydrogens (primary N) is 1. The molecule has 0 aromatic carbocycles. The Morgan fingerprint density at radius 2 is 1.50 bits per heavy atom. The van der Waals surface area contributed by atoms with Crippen LogP contribution in [-0.4, -0.2) is 77.3 Å². The van der Waals surface area contributed by atoms with Gasteiger partial charge in [0.05, 0.1) is 0 Å². The average molecular weight is 187 g/mol. The van der Waals surface area contributed by atoms with Crippen LogP contribution in [0, 0.1) is 0 Å². The fourth-order valence-corrected chi connectivity index (χ4v) is 0. The Labute approximate surface area is 98.3 Å². The summed E-state index contributed by atoms with van der Waals surface area (Å²) in [7, 11) is -3.13. The van der Waals surface area contributed by atoms with Crippen LogP contribution in [0.4, 0.5) is 0 Å². The second-order valence-electron chi connectivity index (χ2n) is 0.893. The zero-order valence-corrected chi connectivity index (χ0v) is 5.29. The van der Waals surface area contributed by atoms with Crippen molar-refractivity contribution in [3.05, 3.63) is 0 Å². The molecule has 10 heavy (non-hydrogen) atoms. The first kappa shape index (κ1) is 22.4. The summed E-state index contributed by atoms with van der Waals surface area (Å²) in [4.78, 5) is 23.5. The second-order valence-corrected chi connectivity index (χ2v) is 1.46. The second kappa shape index (κ2) is 16.4. The molecule has 0 heterocycles. The fourth-order valence-electron chi connectivity index (χ4n) is 0. The molecule has 5 nitrogen and oxygen atoms in total. The van der Waals surface area contributed by atoms with E-state index in [-0.39, 0.29) is 58.5 Å². The van der Waals surface area contributed by atoms with Gasteiger partial charge >= 0.3 is 61.8 Å². The first-order valence-corrected chi connectivity index (χ1v) is 2.95. The molecule has 8 heteroatoms. The number of hydrogen-bond acceptors (Lipinski definition) is 2. The van der Waals surface area contributed by atoms with Gasteiger partial charge in [0, 0.05) is 6.92 Å². The van der Waals surface area contributed by atoms with Crippen LogP contribution < -0.4 is 5.73 Å². The van der Waals surface area contributed by atoms with Crippen LogP contribution in [0.1, 0.15) is 6.92 Å². The van der Waals surface area contributed by atoms with E-state index in [1.165, 1.54) is 6.92 Å². The summed E-state index contributed by atoms with van der Waals surface area (Å²) in [6.07, 6.45) is 0. The van der Waals surface area contributed by atoms with Gasteiger partial charge in [-0.1, -0.05) is 0 Å². The SMILES string of the molecule is CC(N)=O.O=[Si](O)O.[MgH2].[NaH]. The molecule has 0 unspecified atom stereocenters. The van der Waals surface area contributed by atoms with E-state index in [9.17, 15) is 4.79 Å². The molecule has 0 aromatic heterocycles. The summed E-state index contributed by atoms with van der Waals surface area (Å²) in [6, 6.07) is 0. The molecule has 0 bridgehead atoms. The van der Waals surface area contributed by atoms with Gasteiger partial charge in [-0.25, -0.2) is 0 Å². The Kier molecular flexibility index (Phi) is 36.9. The third-order valence-corrected chi connectivity index (χ3v) is 0. The van der Waals surface area contributed by atoms with Gasteiger partial charge < -0.3 is 15.3 Å². The molecule has 1 amide bonds. The van der Waals surface area contributed by atoms with Gasteiger partial charge in [-0.2, -0.15) is 0 Å². The maximum absolute atomic E-state index is 9.22. The third-order valence-electron chi connectivity index (χ3n) is 0. The summed E-state index contributed by atoms with van der Waals surface area (Å²) in [5.41, 5.74) is 4.47. The Bertz CT molecular complexity index is 81.3. The van der Waals surface area contributed by atoms with Crippen LogP contribution in [-0.2, 0) is 9.26 Å². The number of rotatable bonds is 0. The molecule has 0 rings (SSSR count). The van der Waals surface area contributed by atoms with Gasteiger partial charge in [0.15, 0.2) is 0 Å². The third kappa shape index (κ3) is 750. The van der Waals surface area contributed by atoms with Gasteiger partial charge in [-0.15, -0.1) is 0 Å². The van der Waals surface area contributed by atoms with E-state index < -0.39 is 9.17 Å². The monoisotopic (exact) mass is 187 g/mol. The Morgan fingerprint density at radius 1 is 1.50 bits per heavy atom. The number of primary amides is 1. The number of carbonyl (C=O) groups excluding carboxylic acids is 1. The standard InChI is InChI=1S/C2H5NO.Mg.Na.H2O3Si.3H/c1-2(3)4;;;1-4(2)3;;;/h1H3,(H2,3,4);;;1-2H;;;. The van der Waals surface area contributed by atoms with Gasteiger partial charge in [0.25, 0.3) is 0 Å². The predicted octanol–water partition coefficient (Wildman–Crippen LogP) is -3.69. The fraction of sp³-hybridized carbons (Fsp3) is 0.500. The van der Waals surface area contributed by atoms with Crippen LogP contribution in [0.2, 0.25) is 0 Å². The van der Waals surface area contributed by atoms with E-state index in [2.05, 4.69) is 5.73 Å². The molecule has 54 valence electrons. The van der Waals surface area contributed by atoms with Crippen molar-refractivity contribution in [3.8, 4) is 0 Å². The summed E-state index contributed by atoms with van der Waals surface area (Å²) in [5.74, 6) is -0.333. The van der Waals surface area contributed by atoms with Crippen molar-refractivity contribution in [2.45, 2.75) is 6.92 Å². The summed E-state index contributed by atoms with van der Waals surface area (Å²) < 4.78 is 8.74. The molecule has 4 N–H and O–H groups in total. The maximum atomic E-state index is 9.22. The van der Waals surface area contributed by atoms with Crippen molar-refractivity contribution >= 4 is 67.7 Å². The minimum atomic E-state index is -3.13. The van der Waals surface area contributed by atoms with Gasteiger partial charge in [-0.3, -0.25) is 9.26 Å². The van der Waals surface area contributed by atoms with Crippen molar-refractivity contribution < 1.29 is 18.8 Å². The van der Waals surface area contributed by atoms with Crippen LogP contribution >= 0.6 is 0 Å². The van der Waals surface area contributed by atoms with E-state index >= 15 is 0 Å². The number of carbonyl (C=O) groups is 1. The van der Waals surface area contributed by atoms with Crippen LogP contribution in [0.15, 0.2) is 0 Å². The van der Waals surface area contributed by atoms with Gasteiger partial charge in [-0.05, 0) is 0 Å². The number of amides is 1. The Balaban J connectivity index is -0.0000000300. The first-order valence-electron chi connectivity index (χ1n) is 1.64. The molecular formula is C2H10MgNNaO4Si. The van der Waals surface area contributed by atoms with Crippen LogP contribution in [0.25, 0.3) is 0 Å². The van der Waals surface area contributed by atoms with E-state index in [0.29, 0.717) is 0 Å². The number of hydrogen-bond donors (Lipinski definition) is 3. The molecule has 0 radical (unpaired) electrons. The summed E-state index contributed by atoms with van der Waals surface area (Å²) in [5, 5.41) is 0. The topological polar surface area (TPSA) is 101 Å². The minimum absolute atomic E-state index is 0. The molecule has 0 aromatic rings. The summed E-state index contributed by atoms with van der Waals surface area (Å²) >= 11 is 0. The van der Waals surface area contributed by atoms with E-state index in [4.69, 9.17) is 14.1 Å². The van der Waals surface area contributed by atoms with Crippen molar-refractivity contribution in [2.75, 3.05) is 0 Å². The quantitative estimate of drug-likeness (QED) is 0.340. The average Bonchev–Trinajstić information content (AvgIpc) is 1.25. The zero-order valence-electron chi connectivity index (χ0n) is 4.29. The summed E-state index contributed by atoms with van der Waals surface area (Å²) in [6.45, 7) is 1.31. The molecule has 0 fully saturated rings. The van der Waals surface area contributed by atoms with E-state index in [1.807, 2.05) is 0 Å². The van der Waals surface area contributed by atoms with Crippen LogP contribution in [0.3, 0.4) is 0 Å². The van der Waals surface area contributed by atoms with Gasteiger partial charge in [0.1, 0.15) is 0 Å². The molecule has 0 aliphatic heterocycles. The molecule has 0 saturated carbocycles. The molecule has 0 saturated heterocycles. The molecule has 0 spiro atoms. The first-order chi connectivity index (χ1) is 3.46. The van der Waals surface area contributed by atoms with Crippen LogP contribution in [0.5, 0.6) is 0 Å². The van der Waals surface area contributed by atoms with Gasteiger partial charge in [0.2, 0.25) is 5.91 Å². The molecule has 0 atom stereocenters. The molecule has 0 aliphatic rings. The van der Waals surface area contributed by atoms with E-state index in [0.717, 1.165) is 0 Å². The molecular weight excluding hydrogens is 177 g/mol. The zero-order chi connectivity index (χ0) is 7.15. The van der Waals surface area contributed by atoms with E-state index in [1.54, 1.807) is 0 Å². The van der Waals surface area contributed by atoms with Crippen molar-refractivity contribution in [1.82, 2.24) is 0 Å². The molecule has 0 aliphatic carbocycles.